The van der Waals surface area contributed by atoms with E-state index in [1.54, 1.807) is 6.20 Å². The van der Waals surface area contributed by atoms with E-state index in [2.05, 4.69) is 20.2 Å². The van der Waals surface area contributed by atoms with Crippen molar-refractivity contribution in [2.75, 3.05) is 61.4 Å². The molecule has 0 radical (unpaired) electrons. The Morgan fingerprint density at radius 1 is 1.08 bits per heavy atom. The second-order valence-corrected chi connectivity index (χ2v) is 9.80. The van der Waals surface area contributed by atoms with Crippen molar-refractivity contribution >= 4 is 34.5 Å². The van der Waals surface area contributed by atoms with E-state index in [0.29, 0.717) is 48.8 Å². The van der Waals surface area contributed by atoms with Gasteiger partial charge >= 0.3 is 0 Å². The molecule has 1 amide bonds. The van der Waals surface area contributed by atoms with Crippen LogP contribution in [0.3, 0.4) is 0 Å². The Kier molecular flexibility index (Phi) is 6.13. The number of morpholine rings is 1. The van der Waals surface area contributed by atoms with Gasteiger partial charge in [0.15, 0.2) is 0 Å². The predicted molar refractivity (Wildman–Crippen MR) is 141 cm³/mol. The number of hydrogen-bond acceptors (Lipinski definition) is 9. The topological polar surface area (TPSA) is 115 Å². The maximum absolute atomic E-state index is 15.2. The van der Waals surface area contributed by atoms with Crippen molar-refractivity contribution < 1.29 is 27.8 Å². The van der Waals surface area contributed by atoms with Gasteiger partial charge in [-0.1, -0.05) is 0 Å². The second kappa shape index (κ2) is 9.53. The summed E-state index contributed by atoms with van der Waals surface area (Å²) in [7, 11) is 2.42. The number of fused-ring (bicyclic) bond motifs is 2. The minimum absolute atomic E-state index is 0.0657. The van der Waals surface area contributed by atoms with Gasteiger partial charge in [0.1, 0.15) is 11.5 Å². The third-order valence-corrected chi connectivity index (χ3v) is 7.56. The Bertz CT molecular complexity index is 1430. The number of nitrogens with two attached hydrogens (primary N) is 1. The first-order valence-electron chi connectivity index (χ1n) is 12.6. The largest absolute Gasteiger partial charge is 0.479 e. The van der Waals surface area contributed by atoms with Crippen LogP contribution < -0.4 is 30.3 Å². The number of rotatable bonds is 6. The first-order valence-corrected chi connectivity index (χ1v) is 12.6. The summed E-state index contributed by atoms with van der Waals surface area (Å²) in [6, 6.07) is 7.63. The Morgan fingerprint density at radius 2 is 1.77 bits per heavy atom. The molecule has 2 aliphatic heterocycles. The Labute approximate surface area is 223 Å². The van der Waals surface area contributed by atoms with Crippen molar-refractivity contribution in [2.45, 2.75) is 24.8 Å². The SMILES string of the molecule is COc1nc(OC)c(F)c(N2Cc3cnc(Nc4ccc(N5CCOCC5)cc4N)cc3C3(CC3)C2=O)c1F. The number of ether oxygens (including phenoxy) is 3. The van der Waals surface area contributed by atoms with Gasteiger partial charge in [-0.3, -0.25) is 4.79 Å². The number of halogens is 2. The number of anilines is 5. The lowest BCUT2D eigenvalue weighted by molar-refractivity contribution is -0.121. The van der Waals surface area contributed by atoms with Crippen LogP contribution in [0.2, 0.25) is 0 Å². The lowest BCUT2D eigenvalue weighted by Gasteiger charge is -2.35. The highest BCUT2D eigenvalue weighted by Gasteiger charge is 2.57. The third kappa shape index (κ3) is 4.15. The summed E-state index contributed by atoms with van der Waals surface area (Å²) >= 11 is 0. The molecule has 1 spiro atoms. The third-order valence-electron chi connectivity index (χ3n) is 7.56. The molecule has 2 fully saturated rings. The lowest BCUT2D eigenvalue weighted by atomic mass is 9.86. The van der Waals surface area contributed by atoms with Gasteiger partial charge in [0, 0.05) is 25.0 Å². The average Bonchev–Trinajstić information content (AvgIpc) is 3.75. The minimum Gasteiger partial charge on any atom is -0.479 e. The fraction of sp³-hybridized carbons (Fsp3) is 0.370. The molecule has 0 bridgehead atoms. The zero-order chi connectivity index (χ0) is 27.3. The molecule has 3 aliphatic rings. The van der Waals surface area contributed by atoms with Gasteiger partial charge in [-0.05, 0) is 48.2 Å². The van der Waals surface area contributed by atoms with Crippen molar-refractivity contribution in [3.8, 4) is 11.8 Å². The molecule has 1 aliphatic carbocycles. The number of hydrogen-bond donors (Lipinski definition) is 2. The van der Waals surface area contributed by atoms with E-state index < -0.39 is 40.4 Å². The van der Waals surface area contributed by atoms with Crippen molar-refractivity contribution in [2.24, 2.45) is 0 Å². The van der Waals surface area contributed by atoms with E-state index in [4.69, 9.17) is 19.9 Å². The summed E-state index contributed by atoms with van der Waals surface area (Å²) in [6.07, 6.45) is 2.73. The minimum atomic E-state index is -1.06. The number of methoxy groups -OCH3 is 2. The molecule has 0 atom stereocenters. The Balaban J connectivity index is 1.31. The molecule has 12 heteroatoms. The monoisotopic (exact) mass is 538 g/mol. The van der Waals surface area contributed by atoms with E-state index in [9.17, 15) is 4.79 Å². The van der Waals surface area contributed by atoms with Crippen LogP contribution in [0.4, 0.5) is 37.3 Å². The smallest absolute Gasteiger partial charge is 0.255 e. The summed E-state index contributed by atoms with van der Waals surface area (Å²) in [4.78, 5) is 25.2. The van der Waals surface area contributed by atoms with Crippen LogP contribution in [0.5, 0.6) is 11.8 Å². The lowest BCUT2D eigenvalue weighted by Crippen LogP contribution is -2.45. The molecule has 39 heavy (non-hydrogen) atoms. The van der Waals surface area contributed by atoms with Gasteiger partial charge in [0.25, 0.3) is 11.8 Å². The first-order chi connectivity index (χ1) is 18.9. The normalized spacial score (nSPS) is 17.7. The summed E-state index contributed by atoms with van der Waals surface area (Å²) in [5, 5.41) is 3.26. The van der Waals surface area contributed by atoms with Crippen molar-refractivity contribution in [3.63, 3.8) is 0 Å². The molecule has 3 aromatic rings. The number of amides is 1. The predicted octanol–water partition coefficient (Wildman–Crippen LogP) is 3.51. The van der Waals surface area contributed by atoms with Crippen molar-refractivity contribution in [1.82, 2.24) is 9.97 Å². The molecule has 6 rings (SSSR count). The molecule has 1 aromatic carbocycles. The molecule has 4 heterocycles. The summed E-state index contributed by atoms with van der Waals surface area (Å²) in [5.74, 6) is -2.91. The number of nitrogens with one attached hydrogen (secondary N) is 1. The number of benzene rings is 1. The quantitative estimate of drug-likeness (QED) is 0.455. The molecule has 1 saturated heterocycles. The molecular formula is C27H28F2N6O4. The maximum atomic E-state index is 15.2. The number of nitrogen functional groups attached to an aromatic ring is 1. The number of nitrogens with zero attached hydrogens (tertiary/aromatic N) is 4. The van der Waals surface area contributed by atoms with E-state index >= 15 is 8.78 Å². The molecular weight excluding hydrogens is 510 g/mol. The number of pyridine rings is 2. The van der Waals surface area contributed by atoms with Crippen LogP contribution in [-0.4, -0.2) is 56.4 Å². The van der Waals surface area contributed by atoms with Crippen molar-refractivity contribution in [1.29, 1.82) is 0 Å². The molecule has 204 valence electrons. The number of carbonyl (C=O) groups is 1. The fourth-order valence-electron chi connectivity index (χ4n) is 5.35. The summed E-state index contributed by atoms with van der Waals surface area (Å²) in [5.41, 5.74) is 8.68. The fourth-order valence-corrected chi connectivity index (χ4v) is 5.35. The maximum Gasteiger partial charge on any atom is 0.255 e. The molecule has 1 saturated carbocycles. The molecule has 10 nitrogen and oxygen atoms in total. The summed E-state index contributed by atoms with van der Waals surface area (Å²) < 4.78 is 45.8. The highest BCUT2D eigenvalue weighted by atomic mass is 19.1. The average molecular weight is 539 g/mol. The van der Waals surface area contributed by atoms with Gasteiger partial charge in [0.05, 0.1) is 50.8 Å². The Morgan fingerprint density at radius 3 is 2.38 bits per heavy atom. The van der Waals surface area contributed by atoms with E-state index in [1.165, 1.54) is 14.2 Å². The van der Waals surface area contributed by atoms with E-state index in [1.807, 2.05) is 24.3 Å². The Hall–Kier alpha value is -4.19. The van der Waals surface area contributed by atoms with Gasteiger partial charge in [0.2, 0.25) is 17.5 Å². The van der Waals surface area contributed by atoms with E-state index in [0.717, 1.165) is 29.2 Å². The van der Waals surface area contributed by atoms with Gasteiger partial charge in [-0.2, -0.15) is 13.8 Å². The molecule has 0 unspecified atom stereocenters. The zero-order valence-corrected chi connectivity index (χ0v) is 21.6. The molecule has 2 aromatic heterocycles. The summed E-state index contributed by atoms with van der Waals surface area (Å²) in [6.45, 7) is 2.90. The van der Waals surface area contributed by atoms with E-state index in [-0.39, 0.29) is 6.54 Å². The van der Waals surface area contributed by atoms with Crippen LogP contribution >= 0.6 is 0 Å². The van der Waals surface area contributed by atoms with Crippen LogP contribution in [0.1, 0.15) is 24.0 Å². The first kappa shape index (κ1) is 25.1. The van der Waals surface area contributed by atoms with Gasteiger partial charge < -0.3 is 35.1 Å². The standard InChI is InChI=1S/C27H28F2N6O4/c1-37-24-21(28)23(22(29)25(33-24)38-2)35-14-15-13-31-20(12-17(15)27(5-6-27)26(35)36)32-19-4-3-16(11-18(19)30)34-7-9-39-10-8-34/h3-4,11-13H,5-10,14,30H2,1-2H3,(H,31,32). The van der Waals surface area contributed by atoms with Gasteiger partial charge in [-0.25, -0.2) is 4.98 Å². The zero-order valence-electron chi connectivity index (χ0n) is 21.6. The second-order valence-electron chi connectivity index (χ2n) is 9.80. The van der Waals surface area contributed by atoms with Crippen molar-refractivity contribution in [3.05, 3.63) is 53.2 Å². The highest BCUT2D eigenvalue weighted by Crippen LogP contribution is 2.55. The van der Waals surface area contributed by atoms with Gasteiger partial charge in [-0.15, -0.1) is 0 Å². The van der Waals surface area contributed by atoms with Crippen LogP contribution in [0.25, 0.3) is 0 Å². The van der Waals surface area contributed by atoms with Crippen LogP contribution in [0, 0.1) is 11.6 Å². The highest BCUT2D eigenvalue weighted by molar-refractivity contribution is 6.05. The number of carbonyl (C=O) groups excluding carboxylic acids is 1. The van der Waals surface area contributed by atoms with Crippen LogP contribution in [0.15, 0.2) is 30.5 Å². The molecule has 3 N–H and O–H groups in total. The number of aromatic nitrogens is 2. The van der Waals surface area contributed by atoms with Crippen LogP contribution in [-0.2, 0) is 21.5 Å².